The van der Waals surface area contributed by atoms with Gasteiger partial charge in [-0.3, -0.25) is 4.90 Å². The Morgan fingerprint density at radius 2 is 1.79 bits per heavy atom. The Morgan fingerprint density at radius 1 is 1.03 bits per heavy atom. The van der Waals surface area contributed by atoms with Crippen LogP contribution in [0.4, 0.5) is 0 Å². The highest BCUT2D eigenvalue weighted by Crippen LogP contribution is 2.35. The minimum Gasteiger partial charge on any atom is -0.495 e. The molecular weight excluding hydrogens is 444 g/mol. The summed E-state index contributed by atoms with van der Waals surface area (Å²) in [5.41, 5.74) is 2.16. The second-order valence-electron chi connectivity index (χ2n) is 9.02. The Kier molecular flexibility index (Phi) is 8.49. The molecule has 1 aliphatic rings. The lowest BCUT2D eigenvalue weighted by molar-refractivity contribution is 0.0208. The molecule has 3 aromatic rings. The number of methoxy groups -OCH3 is 1. The fraction of sp³-hybridized carbons (Fsp3) is 0.379. The SMILES string of the molecule is CCCC[C@H]([C@H](O)c1ccc2c(Cl)c(OC)ccc2c1)N1CCN(/C=C/c2ccccc2)CC1. The van der Waals surface area contributed by atoms with Gasteiger partial charge in [-0.1, -0.05) is 79.9 Å². The van der Waals surface area contributed by atoms with E-state index in [1.165, 1.54) is 5.56 Å². The summed E-state index contributed by atoms with van der Waals surface area (Å²) < 4.78 is 5.35. The summed E-state index contributed by atoms with van der Waals surface area (Å²) in [6.45, 7) is 6.03. The van der Waals surface area contributed by atoms with Crippen LogP contribution in [0.15, 0.2) is 66.9 Å². The molecule has 0 radical (unpaired) electrons. The number of hydrogen-bond acceptors (Lipinski definition) is 4. The van der Waals surface area contributed by atoms with Gasteiger partial charge < -0.3 is 14.7 Å². The average Bonchev–Trinajstić information content (AvgIpc) is 2.89. The maximum Gasteiger partial charge on any atom is 0.138 e. The minimum absolute atomic E-state index is 0.103. The van der Waals surface area contributed by atoms with Gasteiger partial charge in [-0.05, 0) is 47.3 Å². The number of rotatable bonds is 9. The molecule has 1 saturated heterocycles. The molecule has 0 saturated carbocycles. The van der Waals surface area contributed by atoms with Crippen molar-refractivity contribution >= 4 is 28.4 Å². The van der Waals surface area contributed by atoms with Gasteiger partial charge in [-0.2, -0.15) is 0 Å². The molecule has 0 aliphatic carbocycles. The van der Waals surface area contributed by atoms with E-state index < -0.39 is 6.10 Å². The highest BCUT2D eigenvalue weighted by molar-refractivity contribution is 6.37. The Morgan fingerprint density at radius 3 is 2.50 bits per heavy atom. The minimum atomic E-state index is -0.539. The van der Waals surface area contributed by atoms with Crippen LogP contribution in [0.5, 0.6) is 5.75 Å². The average molecular weight is 479 g/mol. The van der Waals surface area contributed by atoms with Crippen molar-refractivity contribution in [2.75, 3.05) is 33.3 Å². The third-order valence-electron chi connectivity index (χ3n) is 6.82. The van der Waals surface area contributed by atoms with E-state index in [0.29, 0.717) is 10.8 Å². The molecule has 3 aromatic carbocycles. The zero-order valence-corrected chi connectivity index (χ0v) is 20.9. The zero-order valence-electron chi connectivity index (χ0n) is 20.2. The van der Waals surface area contributed by atoms with E-state index in [0.717, 1.165) is 61.8 Å². The van der Waals surface area contributed by atoms with Crippen LogP contribution >= 0.6 is 11.6 Å². The Bertz CT molecular complexity index is 1090. The molecule has 180 valence electrons. The molecule has 0 amide bonds. The lowest BCUT2D eigenvalue weighted by atomic mass is 9.94. The van der Waals surface area contributed by atoms with Crippen LogP contribution in [-0.2, 0) is 0 Å². The van der Waals surface area contributed by atoms with Gasteiger partial charge in [0.15, 0.2) is 0 Å². The summed E-state index contributed by atoms with van der Waals surface area (Å²) in [5.74, 6) is 0.669. The topological polar surface area (TPSA) is 35.9 Å². The number of ether oxygens (including phenoxy) is 1. The van der Waals surface area contributed by atoms with Gasteiger partial charge in [0, 0.05) is 37.6 Å². The number of halogens is 1. The summed E-state index contributed by atoms with van der Waals surface area (Å²) >= 11 is 6.50. The lowest BCUT2D eigenvalue weighted by Gasteiger charge is -2.41. The molecule has 4 nitrogen and oxygen atoms in total. The smallest absolute Gasteiger partial charge is 0.138 e. The van der Waals surface area contributed by atoms with Gasteiger partial charge in [0.2, 0.25) is 0 Å². The molecule has 5 heteroatoms. The standard InChI is InChI=1S/C29H35ClN2O2/c1-3-4-10-26(32-19-17-31(18-20-32)16-15-22-8-6-5-7-9-22)29(33)24-11-13-25-23(21-24)12-14-27(34-2)28(25)30/h5-9,11-16,21,26,29,33H,3-4,10,17-20H2,1-2H3/b16-15+/t26-,29-/m1/s1. The van der Waals surface area contributed by atoms with Crippen molar-refractivity contribution in [1.29, 1.82) is 0 Å². The maximum absolute atomic E-state index is 11.5. The molecule has 0 spiro atoms. The van der Waals surface area contributed by atoms with Gasteiger partial charge in [0.1, 0.15) is 5.75 Å². The van der Waals surface area contributed by atoms with Crippen LogP contribution in [0.2, 0.25) is 5.02 Å². The van der Waals surface area contributed by atoms with E-state index in [-0.39, 0.29) is 6.04 Å². The number of aliphatic hydroxyl groups excluding tert-OH is 1. The Balaban J connectivity index is 1.46. The fourth-order valence-corrected chi connectivity index (χ4v) is 5.09. The van der Waals surface area contributed by atoms with Crippen molar-refractivity contribution in [2.24, 2.45) is 0 Å². The summed E-state index contributed by atoms with van der Waals surface area (Å²) in [7, 11) is 1.63. The summed E-state index contributed by atoms with van der Waals surface area (Å²) in [4.78, 5) is 4.84. The first-order valence-corrected chi connectivity index (χ1v) is 12.6. The second kappa shape index (κ2) is 11.7. The number of aliphatic hydroxyl groups is 1. The van der Waals surface area contributed by atoms with Crippen LogP contribution in [0.25, 0.3) is 16.8 Å². The molecule has 1 heterocycles. The molecule has 34 heavy (non-hydrogen) atoms. The number of nitrogens with zero attached hydrogens (tertiary/aromatic N) is 2. The van der Waals surface area contributed by atoms with E-state index in [1.54, 1.807) is 7.11 Å². The zero-order chi connectivity index (χ0) is 23.9. The fourth-order valence-electron chi connectivity index (χ4n) is 4.78. The van der Waals surface area contributed by atoms with Gasteiger partial charge >= 0.3 is 0 Å². The summed E-state index contributed by atoms with van der Waals surface area (Å²) in [6, 6.07) is 20.5. The molecule has 2 atom stereocenters. The van der Waals surface area contributed by atoms with E-state index >= 15 is 0 Å². The van der Waals surface area contributed by atoms with Crippen molar-refractivity contribution < 1.29 is 9.84 Å². The first-order valence-electron chi connectivity index (χ1n) is 12.3. The quantitative estimate of drug-likeness (QED) is 0.387. The van der Waals surface area contributed by atoms with Crippen molar-refractivity contribution in [1.82, 2.24) is 9.80 Å². The number of hydrogen-bond donors (Lipinski definition) is 1. The van der Waals surface area contributed by atoms with Gasteiger partial charge in [0.25, 0.3) is 0 Å². The van der Waals surface area contributed by atoms with E-state index in [2.05, 4.69) is 59.3 Å². The van der Waals surface area contributed by atoms with Crippen LogP contribution in [-0.4, -0.2) is 54.2 Å². The van der Waals surface area contributed by atoms with Crippen LogP contribution in [0.3, 0.4) is 0 Å². The highest BCUT2D eigenvalue weighted by Gasteiger charge is 2.29. The number of piperazine rings is 1. The third-order valence-corrected chi connectivity index (χ3v) is 7.21. The van der Waals surface area contributed by atoms with Crippen LogP contribution < -0.4 is 4.74 Å². The first-order chi connectivity index (χ1) is 16.6. The molecule has 0 bridgehead atoms. The lowest BCUT2D eigenvalue weighted by Crippen LogP contribution is -2.50. The molecule has 0 aromatic heterocycles. The summed E-state index contributed by atoms with van der Waals surface area (Å²) in [5, 5.41) is 14.1. The normalized spacial score (nSPS) is 16.8. The molecule has 1 aliphatic heterocycles. The molecule has 1 N–H and O–H groups in total. The second-order valence-corrected chi connectivity index (χ2v) is 9.39. The Labute approximate surface area is 208 Å². The number of unbranched alkanes of at least 4 members (excludes halogenated alkanes) is 1. The third kappa shape index (κ3) is 5.75. The van der Waals surface area contributed by atoms with Gasteiger partial charge in [-0.15, -0.1) is 0 Å². The largest absolute Gasteiger partial charge is 0.495 e. The predicted octanol–water partition coefficient (Wildman–Crippen LogP) is 6.38. The molecule has 4 rings (SSSR count). The molecule has 1 fully saturated rings. The van der Waals surface area contributed by atoms with Crippen molar-refractivity contribution in [3.8, 4) is 5.75 Å². The molecular formula is C29H35ClN2O2. The summed E-state index contributed by atoms with van der Waals surface area (Å²) in [6.07, 6.45) is 7.05. The highest BCUT2D eigenvalue weighted by atomic mass is 35.5. The van der Waals surface area contributed by atoms with E-state index in [1.807, 2.05) is 30.3 Å². The van der Waals surface area contributed by atoms with Gasteiger partial charge in [-0.25, -0.2) is 0 Å². The first kappa shape index (κ1) is 24.6. The maximum atomic E-state index is 11.5. The Hall–Kier alpha value is -2.53. The van der Waals surface area contributed by atoms with Crippen molar-refractivity contribution in [3.05, 3.63) is 83.0 Å². The van der Waals surface area contributed by atoms with Crippen LogP contribution in [0, 0.1) is 0 Å². The predicted molar refractivity (Wildman–Crippen MR) is 142 cm³/mol. The van der Waals surface area contributed by atoms with Gasteiger partial charge in [0.05, 0.1) is 18.2 Å². The van der Waals surface area contributed by atoms with E-state index in [9.17, 15) is 5.11 Å². The van der Waals surface area contributed by atoms with Crippen molar-refractivity contribution in [3.63, 3.8) is 0 Å². The molecule has 0 unspecified atom stereocenters. The van der Waals surface area contributed by atoms with E-state index in [4.69, 9.17) is 16.3 Å². The monoisotopic (exact) mass is 478 g/mol. The number of fused-ring (bicyclic) bond motifs is 1. The van der Waals surface area contributed by atoms with Crippen LogP contribution in [0.1, 0.15) is 43.4 Å². The number of benzene rings is 3. The van der Waals surface area contributed by atoms with Crippen molar-refractivity contribution in [2.45, 2.75) is 38.3 Å².